The maximum atomic E-state index is 12.6. The highest BCUT2D eigenvalue weighted by molar-refractivity contribution is 6.21. The van der Waals surface area contributed by atoms with E-state index < -0.39 is 34.6 Å². The highest BCUT2D eigenvalue weighted by atomic mass is 16.6. The van der Waals surface area contributed by atoms with Crippen LogP contribution in [0.2, 0.25) is 0 Å². The average molecular weight is 463 g/mol. The molecule has 2 heterocycles. The number of dihydropyridines is 1. The van der Waals surface area contributed by atoms with E-state index in [9.17, 15) is 39.5 Å². The molecule has 11 heteroatoms. The normalized spacial score (nSPS) is 17.2. The van der Waals surface area contributed by atoms with Gasteiger partial charge in [0.15, 0.2) is 0 Å². The lowest BCUT2D eigenvalue weighted by molar-refractivity contribution is -0.384. The van der Waals surface area contributed by atoms with Crippen LogP contribution >= 0.6 is 0 Å². The number of carbonyl (C=O) groups is 4. The Labute approximate surface area is 191 Å². The number of nitrogens with one attached hydrogen (secondary N) is 1. The highest BCUT2D eigenvalue weighted by Crippen LogP contribution is 2.38. The molecule has 0 fully saturated rings. The summed E-state index contributed by atoms with van der Waals surface area (Å²) in [4.78, 5) is 60.9. The number of fused-ring (bicyclic) bond motifs is 1. The van der Waals surface area contributed by atoms with Gasteiger partial charge in [0.05, 0.1) is 33.1 Å². The van der Waals surface area contributed by atoms with E-state index >= 15 is 0 Å². The number of carbonyl (C=O) groups excluding carboxylic acids is 2. The largest absolute Gasteiger partial charge is 0.478 e. The molecule has 0 saturated carbocycles. The number of nitro groups is 1. The third-order valence-corrected chi connectivity index (χ3v) is 5.68. The first-order chi connectivity index (χ1) is 16.2. The van der Waals surface area contributed by atoms with Gasteiger partial charge in [0, 0.05) is 37.0 Å². The summed E-state index contributed by atoms with van der Waals surface area (Å²) in [5.41, 5.74) is -0.277. The van der Waals surface area contributed by atoms with Gasteiger partial charge in [-0.1, -0.05) is 24.3 Å². The Morgan fingerprint density at radius 2 is 1.65 bits per heavy atom. The molecular formula is C23H17N3O8. The van der Waals surface area contributed by atoms with Crippen molar-refractivity contribution in [3.63, 3.8) is 0 Å². The van der Waals surface area contributed by atoms with Crippen LogP contribution in [0, 0.1) is 10.1 Å². The van der Waals surface area contributed by atoms with E-state index in [2.05, 4.69) is 5.32 Å². The molecule has 0 spiro atoms. The Morgan fingerprint density at radius 1 is 1.00 bits per heavy atom. The van der Waals surface area contributed by atoms with Gasteiger partial charge in [-0.2, -0.15) is 0 Å². The quantitative estimate of drug-likeness (QED) is 0.317. The number of carboxylic acids is 2. The summed E-state index contributed by atoms with van der Waals surface area (Å²) in [6.07, 6.45) is 1.03. The van der Waals surface area contributed by atoms with Crippen molar-refractivity contribution >= 4 is 29.4 Å². The van der Waals surface area contributed by atoms with Gasteiger partial charge in [-0.25, -0.2) is 9.59 Å². The second kappa shape index (κ2) is 8.62. The molecule has 0 radical (unpaired) electrons. The number of hydrogen-bond acceptors (Lipinski definition) is 7. The molecule has 2 aromatic carbocycles. The van der Waals surface area contributed by atoms with E-state index in [1.54, 1.807) is 12.1 Å². The maximum Gasteiger partial charge on any atom is 0.334 e. The lowest BCUT2D eigenvalue weighted by Crippen LogP contribution is -2.34. The molecule has 0 aromatic heterocycles. The van der Waals surface area contributed by atoms with Crippen molar-refractivity contribution in [1.82, 2.24) is 10.2 Å². The van der Waals surface area contributed by atoms with Gasteiger partial charge in [0.1, 0.15) is 0 Å². The lowest BCUT2D eigenvalue weighted by Gasteiger charge is -2.27. The van der Waals surface area contributed by atoms with E-state index in [1.165, 1.54) is 30.3 Å². The summed E-state index contributed by atoms with van der Waals surface area (Å²) in [5.74, 6) is -5.17. The van der Waals surface area contributed by atoms with E-state index in [4.69, 9.17) is 0 Å². The maximum absolute atomic E-state index is 12.6. The fraction of sp³-hybridized carbons (Fsp3) is 0.130. The number of imide groups is 1. The number of nitro benzene ring substituents is 1. The second-order valence-electron chi connectivity index (χ2n) is 7.59. The van der Waals surface area contributed by atoms with Crippen LogP contribution in [-0.2, 0) is 9.59 Å². The van der Waals surface area contributed by atoms with Gasteiger partial charge >= 0.3 is 11.9 Å². The van der Waals surface area contributed by atoms with Crippen molar-refractivity contribution in [2.45, 2.75) is 12.3 Å². The van der Waals surface area contributed by atoms with Crippen LogP contribution in [0.5, 0.6) is 0 Å². The number of nitrogens with zero attached hydrogens (tertiary/aromatic N) is 2. The minimum Gasteiger partial charge on any atom is -0.478 e. The van der Waals surface area contributed by atoms with E-state index in [0.717, 1.165) is 17.2 Å². The Kier molecular flexibility index (Phi) is 5.68. The zero-order valence-corrected chi connectivity index (χ0v) is 17.4. The molecule has 0 aliphatic carbocycles. The SMILES string of the molecule is O=C(O)C1=CNC(CCN2C(=O)c3ccccc3C2=O)=C(C(=O)O)C1c1cccc([N+](=O)[O-])c1. The van der Waals surface area contributed by atoms with Crippen LogP contribution < -0.4 is 5.32 Å². The number of amides is 2. The van der Waals surface area contributed by atoms with Gasteiger partial charge in [-0.3, -0.25) is 24.6 Å². The zero-order valence-electron chi connectivity index (χ0n) is 17.4. The van der Waals surface area contributed by atoms with Crippen molar-refractivity contribution in [1.29, 1.82) is 0 Å². The first kappa shape index (κ1) is 22.4. The summed E-state index contributed by atoms with van der Waals surface area (Å²) >= 11 is 0. The highest BCUT2D eigenvalue weighted by Gasteiger charge is 2.38. The fourth-order valence-corrected chi connectivity index (χ4v) is 4.13. The van der Waals surface area contributed by atoms with Crippen molar-refractivity contribution in [3.8, 4) is 0 Å². The standard InChI is InChI=1S/C23H17N3O8/c27-20-14-6-1-2-7-15(14)21(28)25(20)9-8-17-19(23(31)32)18(16(11-24-17)22(29)30)12-4-3-5-13(10-12)26(33)34/h1-7,10-11,18,24H,8-9H2,(H,29,30)(H,31,32). The monoisotopic (exact) mass is 463 g/mol. The van der Waals surface area contributed by atoms with Gasteiger partial charge in [-0.15, -0.1) is 0 Å². The average Bonchev–Trinajstić information content (AvgIpc) is 3.06. The number of hydrogen-bond donors (Lipinski definition) is 3. The molecule has 1 atom stereocenters. The van der Waals surface area contributed by atoms with Crippen LogP contribution in [0.4, 0.5) is 5.69 Å². The van der Waals surface area contributed by atoms with Gasteiger partial charge in [-0.05, 0) is 17.7 Å². The number of carboxylic acid groups (broad SMARTS) is 2. The second-order valence-corrected chi connectivity index (χ2v) is 7.59. The molecule has 4 rings (SSSR count). The molecule has 172 valence electrons. The summed E-state index contributed by atoms with van der Waals surface area (Å²) in [6, 6.07) is 11.4. The number of rotatable bonds is 7. The minimum absolute atomic E-state index is 0.0885. The van der Waals surface area contributed by atoms with Crippen LogP contribution in [0.3, 0.4) is 0 Å². The van der Waals surface area contributed by atoms with Crippen molar-refractivity contribution < 1.29 is 34.3 Å². The Morgan fingerprint density at radius 3 is 2.21 bits per heavy atom. The van der Waals surface area contributed by atoms with Crippen LogP contribution in [0.1, 0.15) is 38.6 Å². The Bertz CT molecular complexity index is 1290. The van der Waals surface area contributed by atoms with Gasteiger partial charge < -0.3 is 15.5 Å². The molecule has 0 bridgehead atoms. The summed E-state index contributed by atoms with van der Waals surface area (Å²) < 4.78 is 0. The van der Waals surface area contributed by atoms with Crippen molar-refractivity contribution in [2.24, 2.45) is 0 Å². The van der Waals surface area contributed by atoms with Crippen molar-refractivity contribution in [3.05, 3.63) is 98.4 Å². The third kappa shape index (κ3) is 3.79. The summed E-state index contributed by atoms with van der Waals surface area (Å²) in [6.45, 7) is -0.149. The molecule has 2 amide bonds. The molecule has 2 aliphatic rings. The molecule has 11 nitrogen and oxygen atoms in total. The van der Waals surface area contributed by atoms with Crippen LogP contribution in [0.15, 0.2) is 71.6 Å². The predicted molar refractivity (Wildman–Crippen MR) is 116 cm³/mol. The molecule has 3 N–H and O–H groups in total. The Hall–Kier alpha value is -4.80. The van der Waals surface area contributed by atoms with Gasteiger partial charge in [0.25, 0.3) is 17.5 Å². The first-order valence-corrected chi connectivity index (χ1v) is 10.1. The predicted octanol–water partition coefficient (Wildman–Crippen LogP) is 2.28. The third-order valence-electron chi connectivity index (χ3n) is 5.68. The van der Waals surface area contributed by atoms with E-state index in [1.807, 2.05) is 0 Å². The smallest absolute Gasteiger partial charge is 0.334 e. The number of non-ortho nitro benzene ring substituents is 1. The number of benzene rings is 2. The molecule has 1 unspecified atom stereocenters. The summed E-state index contributed by atoms with van der Waals surface area (Å²) in [7, 11) is 0. The lowest BCUT2D eigenvalue weighted by atomic mass is 9.81. The topological polar surface area (TPSA) is 167 Å². The first-order valence-electron chi connectivity index (χ1n) is 10.1. The summed E-state index contributed by atoms with van der Waals surface area (Å²) in [5, 5.41) is 33.5. The number of aliphatic carboxylic acids is 2. The molecule has 0 saturated heterocycles. The minimum atomic E-state index is -1.44. The van der Waals surface area contributed by atoms with Crippen LogP contribution in [-0.4, -0.2) is 50.3 Å². The Balaban J connectivity index is 1.70. The molecule has 34 heavy (non-hydrogen) atoms. The molecule has 2 aromatic rings. The van der Waals surface area contributed by atoms with Crippen LogP contribution in [0.25, 0.3) is 0 Å². The zero-order chi connectivity index (χ0) is 24.6. The molecule has 2 aliphatic heterocycles. The van der Waals surface area contributed by atoms with E-state index in [-0.39, 0.29) is 52.2 Å². The van der Waals surface area contributed by atoms with E-state index in [0.29, 0.717) is 0 Å². The van der Waals surface area contributed by atoms with Crippen molar-refractivity contribution in [2.75, 3.05) is 6.54 Å². The fourth-order valence-electron chi connectivity index (χ4n) is 4.13. The van der Waals surface area contributed by atoms with Gasteiger partial charge in [0.2, 0.25) is 0 Å². The molecular weight excluding hydrogens is 446 g/mol.